The van der Waals surface area contributed by atoms with Crippen molar-refractivity contribution in [2.75, 3.05) is 7.11 Å². The van der Waals surface area contributed by atoms with Crippen molar-refractivity contribution >= 4 is 64.8 Å². The van der Waals surface area contributed by atoms with Crippen molar-refractivity contribution < 1.29 is 43.8 Å². The predicted molar refractivity (Wildman–Crippen MR) is 135 cm³/mol. The minimum atomic E-state index is -1.12. The molecule has 4 saturated heterocycles. The van der Waals surface area contributed by atoms with Crippen LogP contribution in [-0.2, 0) is 33.6 Å². The van der Waals surface area contributed by atoms with Crippen LogP contribution in [0.15, 0.2) is 5.16 Å². The molecule has 4 rings (SSSR count). The first-order valence-electron chi connectivity index (χ1n) is 11.7. The zero-order chi connectivity index (χ0) is 28.3. The molecule has 0 bridgehead atoms. The highest BCUT2D eigenvalue weighted by atomic mass is 32.2. The fourth-order valence-corrected chi connectivity index (χ4v) is 8.62. The Kier molecular flexibility index (Phi) is 7.10. The Morgan fingerprint density at radius 2 is 1.21 bits per heavy atom. The second kappa shape index (κ2) is 9.63. The number of carboxylic acid groups (broad SMARTS) is 2. The summed E-state index contributed by atoms with van der Waals surface area (Å²) in [5.41, 5.74) is 0.0420. The Bertz CT molecular complexity index is 1060. The number of hydrogen-bond acceptors (Lipinski definition) is 10. The smallest absolute Gasteiger partial charge is 0.327 e. The summed E-state index contributed by atoms with van der Waals surface area (Å²) >= 11 is 2.58. The highest BCUT2D eigenvalue weighted by Gasteiger charge is 2.65. The van der Waals surface area contributed by atoms with Gasteiger partial charge in [0.2, 0.25) is 23.6 Å². The topological polar surface area (TPSA) is 195 Å². The molecule has 6 atom stereocenters. The monoisotopic (exact) mass is 571 g/mol. The summed E-state index contributed by atoms with van der Waals surface area (Å²) in [6.45, 7) is 6.90. The van der Waals surface area contributed by atoms with Crippen LogP contribution in [0.5, 0.6) is 0 Å². The van der Waals surface area contributed by atoms with Crippen molar-refractivity contribution in [2.24, 2.45) is 5.16 Å². The molecule has 4 N–H and O–H groups in total. The molecule has 4 fully saturated rings. The van der Waals surface area contributed by atoms with Crippen molar-refractivity contribution in [2.45, 2.75) is 84.9 Å². The van der Waals surface area contributed by atoms with Crippen LogP contribution in [0.1, 0.15) is 40.5 Å². The highest BCUT2D eigenvalue weighted by molar-refractivity contribution is 8.02. The van der Waals surface area contributed by atoms with Gasteiger partial charge in [-0.15, -0.1) is 23.5 Å². The van der Waals surface area contributed by atoms with E-state index in [1.165, 1.54) is 40.4 Å². The number of β-lactam (4-membered cyclic amide) rings is 2. The number of carbonyl (C=O) groups is 6. The van der Waals surface area contributed by atoms with Crippen molar-refractivity contribution in [1.29, 1.82) is 0 Å². The van der Waals surface area contributed by atoms with Gasteiger partial charge < -0.3 is 35.5 Å². The van der Waals surface area contributed by atoms with E-state index in [-0.39, 0.29) is 18.6 Å². The van der Waals surface area contributed by atoms with Crippen molar-refractivity contribution in [3.05, 3.63) is 0 Å². The number of rotatable bonds is 9. The van der Waals surface area contributed by atoms with E-state index in [2.05, 4.69) is 15.8 Å². The quantitative estimate of drug-likeness (QED) is 0.151. The molecular weight excluding hydrogens is 542 g/mol. The lowest BCUT2D eigenvalue weighted by molar-refractivity contribution is -0.161. The van der Waals surface area contributed by atoms with Crippen LogP contribution < -0.4 is 10.6 Å². The molecule has 0 aromatic rings. The molecule has 0 saturated carbocycles. The summed E-state index contributed by atoms with van der Waals surface area (Å²) in [6.07, 6.45) is -0.740. The fraction of sp³-hybridized carbons (Fsp3) is 0.682. The van der Waals surface area contributed by atoms with Gasteiger partial charge in [0.15, 0.2) is 0 Å². The zero-order valence-electron chi connectivity index (χ0n) is 21.3. The first kappa shape index (κ1) is 28.0. The van der Waals surface area contributed by atoms with Gasteiger partial charge in [-0.2, -0.15) is 0 Å². The Balaban J connectivity index is 1.32. The summed E-state index contributed by atoms with van der Waals surface area (Å²) in [5.74, 6) is -4.44. The molecule has 0 aliphatic carbocycles. The first-order valence-corrected chi connectivity index (χ1v) is 13.5. The molecule has 0 spiro atoms. The number of amides is 4. The SMILES string of the molecule is CON=C(CC(=O)N[C@@H]1C(=O)N2[C@@H]1SC(C)(C)[C@@H]2C(=O)O)CC(=O)N[C@@H]1C(=O)N2[C@@H]1SC(C)(C)[C@@H]2C(=O)O. The lowest BCUT2D eigenvalue weighted by Gasteiger charge is -2.43. The number of oxime groups is 1. The van der Waals surface area contributed by atoms with Crippen LogP contribution in [0.3, 0.4) is 0 Å². The van der Waals surface area contributed by atoms with Gasteiger partial charge >= 0.3 is 11.9 Å². The third-order valence-corrected chi connectivity index (χ3v) is 10.1. The van der Waals surface area contributed by atoms with Crippen molar-refractivity contribution in [1.82, 2.24) is 20.4 Å². The largest absolute Gasteiger partial charge is 0.480 e. The average Bonchev–Trinajstić information content (AvgIpc) is 3.21. The van der Waals surface area contributed by atoms with Crippen LogP contribution in [-0.4, -0.2) is 113 Å². The van der Waals surface area contributed by atoms with E-state index in [1.807, 2.05) is 0 Å². The second-order valence-corrected chi connectivity index (χ2v) is 14.0. The van der Waals surface area contributed by atoms with E-state index in [4.69, 9.17) is 4.84 Å². The maximum absolute atomic E-state index is 12.7. The van der Waals surface area contributed by atoms with Crippen LogP contribution >= 0.6 is 23.5 Å². The molecule has 0 radical (unpaired) electrons. The molecule has 4 amide bonds. The molecular formula is C22H29N5O9S2. The number of hydrogen-bond donors (Lipinski definition) is 4. The number of fused-ring (bicyclic) bond motifs is 2. The van der Waals surface area contributed by atoms with Gasteiger partial charge in [0, 0.05) is 9.49 Å². The number of thioether (sulfide) groups is 2. The molecule has 38 heavy (non-hydrogen) atoms. The fourth-order valence-electron chi connectivity index (χ4n) is 5.37. The Hall–Kier alpha value is -3.01. The Morgan fingerprint density at radius 3 is 1.53 bits per heavy atom. The maximum atomic E-state index is 12.7. The van der Waals surface area contributed by atoms with E-state index >= 15 is 0 Å². The Labute approximate surface area is 226 Å². The number of carbonyl (C=O) groups excluding carboxylic acids is 4. The van der Waals surface area contributed by atoms with E-state index in [1.54, 1.807) is 27.7 Å². The molecule has 16 heteroatoms. The van der Waals surface area contributed by atoms with E-state index in [0.717, 1.165) is 0 Å². The number of aliphatic carboxylic acids is 2. The molecule has 208 valence electrons. The lowest BCUT2D eigenvalue weighted by Crippen LogP contribution is -2.70. The van der Waals surface area contributed by atoms with Crippen LogP contribution in [0, 0.1) is 0 Å². The standard InChI is InChI=1S/C22H29N5O9S2/c1-21(2)13(19(32)33)26-15(30)11(17(26)37-21)23-9(28)6-8(25-36-5)7-10(29)24-12-16(31)27-14(20(34)35)22(3,4)38-18(12)27/h11-14,17-18H,6-7H2,1-5H3,(H,23,28)(H,24,29)(H,32,33)(H,34,35)/t11-,12-,13+,14+,17-,18-/m1/s1. The summed E-state index contributed by atoms with van der Waals surface area (Å²) in [6, 6.07) is -3.83. The maximum Gasteiger partial charge on any atom is 0.327 e. The lowest BCUT2D eigenvalue weighted by atomic mass is 9.96. The van der Waals surface area contributed by atoms with Gasteiger partial charge in [-0.1, -0.05) is 5.16 Å². The third-order valence-electron chi connectivity index (χ3n) is 6.93. The average molecular weight is 572 g/mol. The number of nitrogens with zero attached hydrogens (tertiary/aromatic N) is 3. The van der Waals surface area contributed by atoms with E-state index in [0.29, 0.717) is 0 Å². The van der Waals surface area contributed by atoms with Crippen LogP contribution in [0.2, 0.25) is 0 Å². The second-order valence-electron chi connectivity index (χ2n) is 10.5. The van der Waals surface area contributed by atoms with Crippen LogP contribution in [0.25, 0.3) is 0 Å². The van der Waals surface area contributed by atoms with Gasteiger partial charge in [-0.3, -0.25) is 19.2 Å². The van der Waals surface area contributed by atoms with Gasteiger partial charge in [-0.25, -0.2) is 9.59 Å². The van der Waals surface area contributed by atoms with Gasteiger partial charge in [0.05, 0.1) is 18.6 Å². The molecule has 14 nitrogen and oxygen atoms in total. The third kappa shape index (κ3) is 4.57. The molecule has 0 unspecified atom stereocenters. The number of carboxylic acids is 2. The normalized spacial score (nSPS) is 31.8. The van der Waals surface area contributed by atoms with Crippen LogP contribution in [0.4, 0.5) is 0 Å². The molecule has 0 aromatic heterocycles. The first-order chi connectivity index (χ1) is 17.6. The van der Waals surface area contributed by atoms with E-state index < -0.39 is 80.0 Å². The zero-order valence-corrected chi connectivity index (χ0v) is 22.9. The number of nitrogens with one attached hydrogen (secondary N) is 2. The summed E-state index contributed by atoms with van der Waals surface area (Å²) in [5, 5.41) is 26.9. The summed E-state index contributed by atoms with van der Waals surface area (Å²) < 4.78 is -1.48. The molecule has 4 aliphatic heterocycles. The van der Waals surface area contributed by atoms with Crippen molar-refractivity contribution in [3.63, 3.8) is 0 Å². The molecule has 0 aromatic carbocycles. The Morgan fingerprint density at radius 1 is 0.842 bits per heavy atom. The summed E-state index contributed by atoms with van der Waals surface area (Å²) in [7, 11) is 1.24. The summed E-state index contributed by atoms with van der Waals surface area (Å²) in [4.78, 5) is 81.2. The van der Waals surface area contributed by atoms with Gasteiger partial charge in [-0.05, 0) is 27.7 Å². The molecule has 4 heterocycles. The predicted octanol–water partition coefficient (Wildman–Crippen LogP) is -0.968. The highest BCUT2D eigenvalue weighted by Crippen LogP contribution is 2.51. The minimum Gasteiger partial charge on any atom is -0.480 e. The molecule has 4 aliphatic rings. The van der Waals surface area contributed by atoms with E-state index in [9.17, 15) is 39.0 Å². The van der Waals surface area contributed by atoms with Crippen molar-refractivity contribution in [3.8, 4) is 0 Å². The minimum absolute atomic E-state index is 0.0420. The van der Waals surface area contributed by atoms with Gasteiger partial charge in [0.1, 0.15) is 42.0 Å². The van der Waals surface area contributed by atoms with Gasteiger partial charge in [0.25, 0.3) is 0 Å².